The van der Waals surface area contributed by atoms with Crippen LogP contribution in [0.25, 0.3) is 0 Å². The molecule has 0 bridgehead atoms. The molecule has 0 aromatic heterocycles. The first-order valence-corrected chi connectivity index (χ1v) is 15.0. The van der Waals surface area contributed by atoms with E-state index in [4.69, 9.17) is 9.47 Å². The van der Waals surface area contributed by atoms with E-state index in [9.17, 15) is 26.0 Å². The lowest BCUT2D eigenvalue weighted by atomic mass is 10.3. The van der Waals surface area contributed by atoms with E-state index in [-0.39, 0.29) is 34.3 Å². The number of morpholine rings is 1. The number of nitrogens with zero attached hydrogens (tertiary/aromatic N) is 2. The number of amides is 1. The topological polar surface area (TPSA) is 122 Å². The molecule has 0 aliphatic carbocycles. The smallest absolute Gasteiger partial charge is 0.264 e. The van der Waals surface area contributed by atoms with Crippen LogP contribution in [-0.2, 0) is 29.6 Å². The quantitative estimate of drug-likeness (QED) is 0.393. The molecule has 1 fully saturated rings. The van der Waals surface area contributed by atoms with Gasteiger partial charge in [0, 0.05) is 18.8 Å². The third kappa shape index (κ3) is 6.74. The summed E-state index contributed by atoms with van der Waals surface area (Å²) in [5, 5.41) is 2.61. The number of rotatable bonds is 10. The van der Waals surface area contributed by atoms with Crippen LogP contribution in [0.5, 0.6) is 5.75 Å². The molecule has 1 aliphatic rings. The Bertz CT molecular complexity index is 1490. The van der Waals surface area contributed by atoms with Crippen LogP contribution in [-0.4, -0.2) is 66.5 Å². The number of anilines is 2. The fraction of sp³-hybridized carbons (Fsp3) is 0.269. The van der Waals surface area contributed by atoms with E-state index in [0.717, 1.165) is 28.6 Å². The maximum atomic E-state index is 13.5. The zero-order valence-electron chi connectivity index (χ0n) is 21.1. The average Bonchev–Trinajstić information content (AvgIpc) is 2.93. The monoisotopic (exact) mass is 577 g/mol. The minimum absolute atomic E-state index is 0.0669. The highest BCUT2D eigenvalue weighted by Gasteiger charge is 2.28. The molecule has 0 radical (unpaired) electrons. The van der Waals surface area contributed by atoms with E-state index in [1.54, 1.807) is 12.1 Å². The van der Waals surface area contributed by atoms with Gasteiger partial charge in [-0.3, -0.25) is 9.10 Å². The zero-order chi connectivity index (χ0) is 28.0. The van der Waals surface area contributed by atoms with Crippen LogP contribution in [0.15, 0.2) is 82.6 Å². The van der Waals surface area contributed by atoms with Gasteiger partial charge in [0.2, 0.25) is 15.9 Å². The third-order valence-corrected chi connectivity index (χ3v) is 9.57. The standard InChI is InChI=1S/C26H28FN3O7S2/c1-2-37-23-9-7-22(8-10-23)30(39(34,35)25-11-3-20(27)4-12-25)19-26(31)28-21-5-13-24(14-6-21)38(32,33)29-15-17-36-18-16-29/h3-14H,2,15-19H2,1H3,(H,28,31). The summed E-state index contributed by atoms with van der Waals surface area (Å²) in [7, 11) is -7.96. The van der Waals surface area contributed by atoms with E-state index >= 15 is 0 Å². The Morgan fingerprint density at radius 3 is 2.10 bits per heavy atom. The summed E-state index contributed by atoms with van der Waals surface area (Å²) in [6, 6.07) is 16.1. The van der Waals surface area contributed by atoms with Crippen LogP contribution in [0.3, 0.4) is 0 Å². The molecule has 4 rings (SSSR count). The van der Waals surface area contributed by atoms with Crippen molar-refractivity contribution in [2.45, 2.75) is 16.7 Å². The Morgan fingerprint density at radius 1 is 0.923 bits per heavy atom. The summed E-state index contributed by atoms with van der Waals surface area (Å²) in [4.78, 5) is 12.9. The molecule has 1 N–H and O–H groups in total. The van der Waals surface area contributed by atoms with Crippen molar-refractivity contribution in [2.24, 2.45) is 0 Å². The second-order valence-corrected chi connectivity index (χ2v) is 12.3. The largest absolute Gasteiger partial charge is 0.494 e. The number of hydrogen-bond donors (Lipinski definition) is 1. The Hall–Kier alpha value is -3.52. The second-order valence-electron chi connectivity index (χ2n) is 8.48. The number of carbonyl (C=O) groups is 1. The minimum atomic E-state index is -4.25. The molecule has 208 valence electrons. The molecule has 10 nitrogen and oxygen atoms in total. The fourth-order valence-corrected chi connectivity index (χ4v) is 6.73. The Morgan fingerprint density at radius 2 is 1.51 bits per heavy atom. The van der Waals surface area contributed by atoms with Crippen LogP contribution < -0.4 is 14.4 Å². The predicted molar refractivity (Wildman–Crippen MR) is 143 cm³/mol. The molecule has 39 heavy (non-hydrogen) atoms. The summed E-state index contributed by atoms with van der Waals surface area (Å²) < 4.78 is 78.9. The average molecular weight is 578 g/mol. The van der Waals surface area contributed by atoms with Crippen LogP contribution in [0.4, 0.5) is 15.8 Å². The lowest BCUT2D eigenvalue weighted by Crippen LogP contribution is -2.40. The highest BCUT2D eigenvalue weighted by molar-refractivity contribution is 7.92. The van der Waals surface area contributed by atoms with E-state index in [1.165, 1.54) is 40.7 Å². The molecule has 0 saturated carbocycles. The normalized spacial score (nSPS) is 14.5. The zero-order valence-corrected chi connectivity index (χ0v) is 22.8. The third-order valence-electron chi connectivity index (χ3n) is 5.87. The summed E-state index contributed by atoms with van der Waals surface area (Å²) in [5.74, 6) is -0.742. The number of hydrogen-bond acceptors (Lipinski definition) is 7. The minimum Gasteiger partial charge on any atom is -0.494 e. The lowest BCUT2D eigenvalue weighted by molar-refractivity contribution is -0.114. The van der Waals surface area contributed by atoms with Crippen molar-refractivity contribution >= 4 is 37.3 Å². The van der Waals surface area contributed by atoms with Gasteiger partial charge in [-0.05, 0) is 79.7 Å². The summed E-state index contributed by atoms with van der Waals surface area (Å²) in [6.45, 7) is 2.79. The van der Waals surface area contributed by atoms with Crippen molar-refractivity contribution in [1.82, 2.24) is 4.31 Å². The van der Waals surface area contributed by atoms with Gasteiger partial charge in [0.1, 0.15) is 18.1 Å². The number of benzene rings is 3. The number of ether oxygens (including phenoxy) is 2. The van der Waals surface area contributed by atoms with Crippen molar-refractivity contribution in [3.63, 3.8) is 0 Å². The number of halogens is 1. The van der Waals surface area contributed by atoms with Gasteiger partial charge >= 0.3 is 0 Å². The van der Waals surface area contributed by atoms with Gasteiger partial charge in [0.05, 0.1) is 35.3 Å². The van der Waals surface area contributed by atoms with Crippen LogP contribution in [0.2, 0.25) is 0 Å². The van der Waals surface area contributed by atoms with E-state index in [0.29, 0.717) is 25.6 Å². The first kappa shape index (κ1) is 28.5. The fourth-order valence-electron chi connectivity index (χ4n) is 3.90. The van der Waals surface area contributed by atoms with Crippen LogP contribution in [0, 0.1) is 5.82 Å². The molecule has 0 spiro atoms. The molecular weight excluding hydrogens is 549 g/mol. The van der Waals surface area contributed by atoms with Gasteiger partial charge in [0.15, 0.2) is 0 Å². The SMILES string of the molecule is CCOc1ccc(N(CC(=O)Nc2ccc(S(=O)(=O)N3CCOCC3)cc2)S(=O)(=O)c2ccc(F)cc2)cc1. The molecule has 0 atom stereocenters. The molecule has 3 aromatic carbocycles. The highest BCUT2D eigenvalue weighted by atomic mass is 32.2. The second kappa shape index (κ2) is 12.1. The number of carbonyl (C=O) groups excluding carboxylic acids is 1. The molecule has 3 aromatic rings. The first-order valence-electron chi connectivity index (χ1n) is 12.1. The lowest BCUT2D eigenvalue weighted by Gasteiger charge is -2.26. The molecule has 13 heteroatoms. The van der Waals surface area contributed by atoms with Crippen molar-refractivity contribution in [3.8, 4) is 5.75 Å². The Balaban J connectivity index is 1.54. The summed E-state index contributed by atoms with van der Waals surface area (Å²) >= 11 is 0. The van der Waals surface area contributed by atoms with E-state index in [2.05, 4.69) is 5.32 Å². The van der Waals surface area contributed by atoms with Crippen LogP contribution >= 0.6 is 0 Å². The van der Waals surface area contributed by atoms with Gasteiger partial charge < -0.3 is 14.8 Å². The number of nitrogens with one attached hydrogen (secondary N) is 1. The van der Waals surface area contributed by atoms with E-state index in [1.807, 2.05) is 6.92 Å². The maximum Gasteiger partial charge on any atom is 0.264 e. The summed E-state index contributed by atoms with van der Waals surface area (Å²) in [6.07, 6.45) is 0. The molecular formula is C26H28FN3O7S2. The predicted octanol–water partition coefficient (Wildman–Crippen LogP) is 3.08. The molecule has 1 saturated heterocycles. The van der Waals surface area contributed by atoms with Gasteiger partial charge in [-0.1, -0.05) is 0 Å². The highest BCUT2D eigenvalue weighted by Crippen LogP contribution is 2.26. The van der Waals surface area contributed by atoms with E-state index < -0.39 is 38.3 Å². The number of sulfonamides is 2. The molecule has 1 amide bonds. The van der Waals surface area contributed by atoms with Crippen LogP contribution in [0.1, 0.15) is 6.92 Å². The molecule has 1 heterocycles. The van der Waals surface area contributed by atoms with Crippen molar-refractivity contribution in [3.05, 3.63) is 78.6 Å². The Labute approximate surface area is 227 Å². The molecule has 0 unspecified atom stereocenters. The Kier molecular flexibility index (Phi) is 8.85. The molecule has 1 aliphatic heterocycles. The van der Waals surface area contributed by atoms with Gasteiger partial charge in [-0.2, -0.15) is 4.31 Å². The van der Waals surface area contributed by atoms with Crippen molar-refractivity contribution in [2.75, 3.05) is 49.1 Å². The van der Waals surface area contributed by atoms with Gasteiger partial charge in [-0.25, -0.2) is 21.2 Å². The van der Waals surface area contributed by atoms with Crippen molar-refractivity contribution < 1.29 is 35.5 Å². The van der Waals surface area contributed by atoms with Gasteiger partial charge in [0.25, 0.3) is 10.0 Å². The summed E-state index contributed by atoms with van der Waals surface area (Å²) in [5.41, 5.74) is 0.483. The first-order chi connectivity index (χ1) is 18.6. The maximum absolute atomic E-state index is 13.5. The van der Waals surface area contributed by atoms with Crippen molar-refractivity contribution in [1.29, 1.82) is 0 Å². The van der Waals surface area contributed by atoms with Gasteiger partial charge in [-0.15, -0.1) is 0 Å².